The highest BCUT2D eigenvalue weighted by atomic mass is 35.5. The number of oxime groups is 1. The summed E-state index contributed by atoms with van der Waals surface area (Å²) in [7, 11) is 0. The molecule has 0 unspecified atom stereocenters. The minimum Gasteiger partial charge on any atom is -0.493 e. The van der Waals surface area contributed by atoms with Crippen LogP contribution >= 0.6 is 23.2 Å². The molecule has 1 aromatic rings. The maximum absolute atomic E-state index is 8.40. The first-order valence-electron chi connectivity index (χ1n) is 7.20. The van der Waals surface area contributed by atoms with Crippen LogP contribution in [0, 0.1) is 0 Å². The molecule has 0 aromatic heterocycles. The SMILES string of the molecule is CCc1cc(OCC=C(Cl)Cl)cc(CC)c1OCCC=NO. The van der Waals surface area contributed by atoms with E-state index in [4.69, 9.17) is 37.9 Å². The Balaban J connectivity index is 2.89. The molecular formula is C16H21Cl2NO3. The van der Waals surface area contributed by atoms with Crippen molar-refractivity contribution < 1.29 is 14.7 Å². The number of aryl methyl sites for hydroxylation is 2. The predicted molar refractivity (Wildman–Crippen MR) is 90.9 cm³/mol. The summed E-state index contributed by atoms with van der Waals surface area (Å²) in [6, 6.07) is 3.93. The van der Waals surface area contributed by atoms with Crippen molar-refractivity contribution in [3.63, 3.8) is 0 Å². The van der Waals surface area contributed by atoms with Crippen LogP contribution in [0.15, 0.2) is 27.9 Å². The molecule has 1 N–H and O–H groups in total. The summed E-state index contributed by atoms with van der Waals surface area (Å²) in [6.45, 7) is 4.92. The molecule has 1 rings (SSSR count). The van der Waals surface area contributed by atoms with E-state index in [0.29, 0.717) is 19.6 Å². The average Bonchev–Trinajstić information content (AvgIpc) is 2.51. The highest BCUT2D eigenvalue weighted by Crippen LogP contribution is 2.31. The molecule has 0 aliphatic carbocycles. The Bertz CT molecular complexity index is 501. The largest absolute Gasteiger partial charge is 0.493 e. The highest BCUT2D eigenvalue weighted by molar-refractivity contribution is 6.55. The molecule has 0 atom stereocenters. The van der Waals surface area contributed by atoms with Crippen molar-refractivity contribution in [1.82, 2.24) is 0 Å². The van der Waals surface area contributed by atoms with Gasteiger partial charge in [0.2, 0.25) is 0 Å². The lowest BCUT2D eigenvalue weighted by Crippen LogP contribution is -2.05. The number of ether oxygens (including phenoxy) is 2. The van der Waals surface area contributed by atoms with E-state index in [1.807, 2.05) is 12.1 Å². The van der Waals surface area contributed by atoms with Gasteiger partial charge >= 0.3 is 0 Å². The molecule has 0 fully saturated rings. The summed E-state index contributed by atoms with van der Waals surface area (Å²) in [6.07, 6.45) is 5.23. The molecule has 0 saturated heterocycles. The van der Waals surface area contributed by atoms with E-state index in [9.17, 15) is 0 Å². The molecule has 22 heavy (non-hydrogen) atoms. The fourth-order valence-corrected chi connectivity index (χ4v) is 2.11. The molecule has 0 heterocycles. The van der Waals surface area contributed by atoms with Crippen LogP contribution in [-0.2, 0) is 12.8 Å². The first-order chi connectivity index (χ1) is 10.6. The van der Waals surface area contributed by atoms with Crippen LogP contribution in [-0.4, -0.2) is 24.6 Å². The molecule has 0 bridgehead atoms. The molecular weight excluding hydrogens is 325 g/mol. The van der Waals surface area contributed by atoms with Gasteiger partial charge in [0, 0.05) is 12.6 Å². The first-order valence-corrected chi connectivity index (χ1v) is 7.96. The number of benzene rings is 1. The van der Waals surface area contributed by atoms with Gasteiger partial charge in [-0.1, -0.05) is 37.0 Å². The number of halogens is 2. The van der Waals surface area contributed by atoms with E-state index < -0.39 is 0 Å². The second-order valence-electron chi connectivity index (χ2n) is 4.52. The van der Waals surface area contributed by atoms with E-state index in [2.05, 4.69) is 19.0 Å². The Hall–Kier alpha value is -1.39. The van der Waals surface area contributed by atoms with E-state index >= 15 is 0 Å². The fourth-order valence-electron chi connectivity index (χ4n) is 1.99. The van der Waals surface area contributed by atoms with Gasteiger partial charge in [0.25, 0.3) is 0 Å². The molecule has 0 aliphatic heterocycles. The van der Waals surface area contributed by atoms with Gasteiger partial charge in [-0.25, -0.2) is 0 Å². The zero-order valence-electron chi connectivity index (χ0n) is 12.8. The maximum Gasteiger partial charge on any atom is 0.125 e. The van der Waals surface area contributed by atoms with Crippen molar-refractivity contribution in [2.45, 2.75) is 33.1 Å². The number of hydrogen-bond acceptors (Lipinski definition) is 4. The van der Waals surface area contributed by atoms with Crippen molar-refractivity contribution in [2.75, 3.05) is 13.2 Å². The Morgan fingerprint density at radius 1 is 1.18 bits per heavy atom. The number of rotatable bonds is 9. The van der Waals surface area contributed by atoms with Crippen molar-refractivity contribution in [1.29, 1.82) is 0 Å². The van der Waals surface area contributed by atoms with Gasteiger partial charge in [-0.15, -0.1) is 5.16 Å². The lowest BCUT2D eigenvalue weighted by molar-refractivity contribution is 0.307. The topological polar surface area (TPSA) is 51.0 Å². The molecule has 1 aromatic carbocycles. The second-order valence-corrected chi connectivity index (χ2v) is 5.53. The first kappa shape index (κ1) is 18.7. The van der Waals surface area contributed by atoms with E-state index in [1.165, 1.54) is 6.21 Å². The van der Waals surface area contributed by atoms with E-state index in [-0.39, 0.29) is 4.49 Å². The zero-order chi connectivity index (χ0) is 16.4. The number of hydrogen-bond donors (Lipinski definition) is 1. The van der Waals surface area contributed by atoms with Gasteiger partial charge in [0.05, 0.1) is 6.61 Å². The average molecular weight is 346 g/mol. The van der Waals surface area contributed by atoms with Crippen LogP contribution in [0.5, 0.6) is 11.5 Å². The summed E-state index contributed by atoms with van der Waals surface area (Å²) < 4.78 is 11.7. The monoisotopic (exact) mass is 345 g/mol. The molecule has 0 saturated carbocycles. The van der Waals surface area contributed by atoms with Crippen LogP contribution in [0.2, 0.25) is 0 Å². The Morgan fingerprint density at radius 2 is 1.82 bits per heavy atom. The Morgan fingerprint density at radius 3 is 2.32 bits per heavy atom. The van der Waals surface area contributed by atoms with Crippen molar-refractivity contribution in [3.05, 3.63) is 33.8 Å². The maximum atomic E-state index is 8.40. The Labute approximate surface area is 141 Å². The van der Waals surface area contributed by atoms with Crippen molar-refractivity contribution in [3.8, 4) is 11.5 Å². The molecule has 4 nitrogen and oxygen atoms in total. The van der Waals surface area contributed by atoms with Crippen molar-refractivity contribution in [2.24, 2.45) is 5.16 Å². The smallest absolute Gasteiger partial charge is 0.125 e. The van der Waals surface area contributed by atoms with Gasteiger partial charge < -0.3 is 14.7 Å². The molecule has 6 heteroatoms. The molecule has 0 radical (unpaired) electrons. The molecule has 0 aliphatic rings. The van der Waals surface area contributed by atoms with Gasteiger partial charge in [0.1, 0.15) is 22.6 Å². The van der Waals surface area contributed by atoms with Crippen LogP contribution < -0.4 is 9.47 Å². The summed E-state index contributed by atoms with van der Waals surface area (Å²) in [5.41, 5.74) is 2.16. The third-order valence-electron chi connectivity index (χ3n) is 3.04. The second kappa shape index (κ2) is 10.4. The van der Waals surface area contributed by atoms with Crippen LogP contribution in [0.4, 0.5) is 0 Å². The predicted octanol–water partition coefficient (Wildman–Crippen LogP) is 4.74. The quantitative estimate of drug-likeness (QED) is 0.304. The summed E-state index contributed by atoms with van der Waals surface area (Å²) in [5, 5.41) is 11.4. The molecule has 0 amide bonds. The summed E-state index contributed by atoms with van der Waals surface area (Å²) in [5.74, 6) is 1.65. The number of nitrogens with zero attached hydrogens (tertiary/aromatic N) is 1. The minimum absolute atomic E-state index is 0.192. The lowest BCUT2D eigenvalue weighted by atomic mass is 10.0. The minimum atomic E-state index is 0.192. The summed E-state index contributed by atoms with van der Waals surface area (Å²) >= 11 is 11.1. The fraction of sp³-hybridized carbons (Fsp3) is 0.438. The molecule has 0 spiro atoms. The van der Waals surface area contributed by atoms with Gasteiger partial charge in [-0.2, -0.15) is 0 Å². The van der Waals surface area contributed by atoms with Gasteiger partial charge in [-0.3, -0.25) is 0 Å². The van der Waals surface area contributed by atoms with E-state index in [0.717, 1.165) is 35.5 Å². The highest BCUT2D eigenvalue weighted by Gasteiger charge is 2.11. The standard InChI is InChI=1S/C16H21Cl2NO3/c1-3-12-10-14(21-9-6-15(17)18)11-13(4-2)16(12)22-8-5-7-19-20/h6-7,10-11,20H,3-5,8-9H2,1-2H3. The zero-order valence-corrected chi connectivity index (χ0v) is 14.3. The lowest BCUT2D eigenvalue weighted by Gasteiger charge is -2.16. The van der Waals surface area contributed by atoms with Gasteiger partial charge in [0.15, 0.2) is 0 Å². The normalized spacial score (nSPS) is 10.7. The third-order valence-corrected chi connectivity index (χ3v) is 3.35. The van der Waals surface area contributed by atoms with E-state index in [1.54, 1.807) is 6.08 Å². The Kier molecular flexibility index (Phi) is 8.78. The van der Waals surface area contributed by atoms with Crippen molar-refractivity contribution >= 4 is 29.4 Å². The van der Waals surface area contributed by atoms with Crippen LogP contribution in [0.1, 0.15) is 31.4 Å². The van der Waals surface area contributed by atoms with Crippen LogP contribution in [0.25, 0.3) is 0 Å². The molecule has 122 valence electrons. The van der Waals surface area contributed by atoms with Gasteiger partial charge in [-0.05, 0) is 42.2 Å². The van der Waals surface area contributed by atoms with Crippen LogP contribution in [0.3, 0.4) is 0 Å². The summed E-state index contributed by atoms with van der Waals surface area (Å²) in [4.78, 5) is 0. The third kappa shape index (κ3) is 6.16.